The van der Waals surface area contributed by atoms with Crippen LogP contribution < -0.4 is 0 Å². The molecule has 1 aliphatic rings. The molecule has 2 heteroatoms. The van der Waals surface area contributed by atoms with Gasteiger partial charge in [-0.15, -0.1) is 0 Å². The van der Waals surface area contributed by atoms with Crippen molar-refractivity contribution >= 4 is 0 Å². The van der Waals surface area contributed by atoms with E-state index < -0.39 is 0 Å². The van der Waals surface area contributed by atoms with Gasteiger partial charge in [0.25, 0.3) is 0 Å². The van der Waals surface area contributed by atoms with Crippen LogP contribution in [0.1, 0.15) is 24.0 Å². The molecule has 1 saturated carbocycles. The zero-order chi connectivity index (χ0) is 10.0. The largest absolute Gasteiger partial charge is 0.396 e. The maximum atomic E-state index is 9.18. The van der Waals surface area contributed by atoms with Crippen LogP contribution in [0.2, 0.25) is 0 Å². The molecule has 1 aliphatic carbocycles. The highest BCUT2D eigenvalue weighted by Gasteiger charge is 2.41. The molecule has 0 heterocycles. The summed E-state index contributed by atoms with van der Waals surface area (Å²) in [5, 5.41) is 17.9. The number of aliphatic hydroxyl groups excluding tert-OH is 1. The van der Waals surface area contributed by atoms with Gasteiger partial charge < -0.3 is 5.11 Å². The Hall–Kier alpha value is -1.33. The van der Waals surface area contributed by atoms with Gasteiger partial charge in [-0.1, -0.05) is 12.1 Å². The zero-order valence-electron chi connectivity index (χ0n) is 8.03. The van der Waals surface area contributed by atoms with Gasteiger partial charge in [-0.25, -0.2) is 0 Å². The number of nitriles is 1. The quantitative estimate of drug-likeness (QED) is 0.785. The van der Waals surface area contributed by atoms with Crippen molar-refractivity contribution < 1.29 is 5.11 Å². The molecule has 1 fully saturated rings. The molecule has 0 radical (unpaired) electrons. The fourth-order valence-corrected chi connectivity index (χ4v) is 1.75. The maximum absolute atomic E-state index is 9.18. The molecule has 1 aromatic carbocycles. The summed E-state index contributed by atoms with van der Waals surface area (Å²) in [4.78, 5) is 0. The molecule has 0 atom stereocenters. The molecule has 72 valence electrons. The number of hydrogen-bond donors (Lipinski definition) is 1. The van der Waals surface area contributed by atoms with Crippen LogP contribution in [-0.2, 0) is 6.42 Å². The van der Waals surface area contributed by atoms with E-state index in [9.17, 15) is 5.11 Å². The van der Waals surface area contributed by atoms with E-state index >= 15 is 0 Å². The van der Waals surface area contributed by atoms with Gasteiger partial charge in [0, 0.05) is 6.61 Å². The molecule has 0 unspecified atom stereocenters. The van der Waals surface area contributed by atoms with Gasteiger partial charge in [-0.05, 0) is 42.4 Å². The van der Waals surface area contributed by atoms with E-state index in [4.69, 9.17) is 5.26 Å². The van der Waals surface area contributed by atoms with Gasteiger partial charge in [0.1, 0.15) is 0 Å². The van der Waals surface area contributed by atoms with Crippen molar-refractivity contribution in [1.82, 2.24) is 0 Å². The van der Waals surface area contributed by atoms with E-state index in [1.54, 1.807) is 0 Å². The van der Waals surface area contributed by atoms with E-state index in [1.165, 1.54) is 0 Å². The summed E-state index contributed by atoms with van der Waals surface area (Å²) in [7, 11) is 0. The molecular weight excluding hydrogens is 174 g/mol. The summed E-state index contributed by atoms with van der Waals surface area (Å²) in [6, 6.07) is 9.78. The molecule has 2 nitrogen and oxygen atoms in total. The van der Waals surface area contributed by atoms with Gasteiger partial charge in [0.05, 0.1) is 11.6 Å². The van der Waals surface area contributed by atoms with E-state index in [0.717, 1.165) is 24.8 Å². The molecule has 1 N–H and O–H groups in total. The lowest BCUT2D eigenvalue weighted by Gasteiger charge is -2.10. The third-order valence-corrected chi connectivity index (χ3v) is 2.93. The minimum Gasteiger partial charge on any atom is -0.396 e. The molecule has 0 aliphatic heterocycles. The van der Waals surface area contributed by atoms with Crippen molar-refractivity contribution in [2.24, 2.45) is 5.41 Å². The van der Waals surface area contributed by atoms with E-state index in [2.05, 4.69) is 6.07 Å². The van der Waals surface area contributed by atoms with Crippen molar-refractivity contribution in [2.75, 3.05) is 6.61 Å². The average Bonchev–Trinajstić information content (AvgIpc) is 2.99. The van der Waals surface area contributed by atoms with Crippen molar-refractivity contribution in [3.63, 3.8) is 0 Å². The second-order valence-electron chi connectivity index (χ2n) is 4.15. The minimum absolute atomic E-state index is 0.133. The number of nitrogens with zero attached hydrogens (tertiary/aromatic N) is 1. The average molecular weight is 187 g/mol. The van der Waals surface area contributed by atoms with Crippen molar-refractivity contribution in [3.8, 4) is 6.07 Å². The highest BCUT2D eigenvalue weighted by atomic mass is 16.3. The first-order chi connectivity index (χ1) is 6.78. The fraction of sp³-hybridized carbons (Fsp3) is 0.417. The van der Waals surface area contributed by atoms with Gasteiger partial charge in [0.15, 0.2) is 0 Å². The SMILES string of the molecule is N#Cc1cccc(CC2(CO)CC2)c1. The van der Waals surface area contributed by atoms with E-state index in [0.29, 0.717) is 5.56 Å². The predicted octanol–water partition coefficient (Wildman–Crippen LogP) is 1.87. The number of hydrogen-bond acceptors (Lipinski definition) is 2. The van der Waals surface area contributed by atoms with Crippen molar-refractivity contribution in [3.05, 3.63) is 35.4 Å². The lowest BCUT2D eigenvalue weighted by atomic mass is 9.96. The van der Waals surface area contributed by atoms with Gasteiger partial charge >= 0.3 is 0 Å². The van der Waals surface area contributed by atoms with Crippen LogP contribution >= 0.6 is 0 Å². The van der Waals surface area contributed by atoms with Crippen LogP contribution in [0.5, 0.6) is 0 Å². The first kappa shape index (κ1) is 9.23. The minimum atomic E-state index is 0.133. The Bertz CT molecular complexity index is 374. The maximum Gasteiger partial charge on any atom is 0.0991 e. The van der Waals surface area contributed by atoms with Crippen molar-refractivity contribution in [1.29, 1.82) is 5.26 Å². The summed E-state index contributed by atoms with van der Waals surface area (Å²) in [6.45, 7) is 0.268. The topological polar surface area (TPSA) is 44.0 Å². The molecular formula is C12H13NO. The van der Waals surface area contributed by atoms with E-state index in [1.807, 2.05) is 24.3 Å². The Balaban J connectivity index is 2.14. The molecule has 0 spiro atoms. The summed E-state index contributed by atoms with van der Waals surface area (Å²) >= 11 is 0. The third kappa shape index (κ3) is 1.78. The monoisotopic (exact) mass is 187 g/mol. The standard InChI is InChI=1S/C12H13NO/c13-8-11-3-1-2-10(6-11)7-12(9-14)4-5-12/h1-3,6,14H,4-5,7,9H2. The number of benzene rings is 1. The summed E-state index contributed by atoms with van der Waals surface area (Å²) in [6.07, 6.45) is 3.12. The lowest BCUT2D eigenvalue weighted by molar-refractivity contribution is 0.211. The van der Waals surface area contributed by atoms with Crippen LogP contribution in [0.3, 0.4) is 0 Å². The van der Waals surface area contributed by atoms with Crippen LogP contribution in [0.15, 0.2) is 24.3 Å². The molecule has 0 bridgehead atoms. The van der Waals surface area contributed by atoms with Crippen LogP contribution in [0, 0.1) is 16.7 Å². The Kier molecular flexibility index (Phi) is 2.26. The summed E-state index contributed by atoms with van der Waals surface area (Å²) in [5.74, 6) is 0. The zero-order valence-corrected chi connectivity index (χ0v) is 8.03. The van der Waals surface area contributed by atoms with Gasteiger partial charge in [-0.3, -0.25) is 0 Å². The third-order valence-electron chi connectivity index (χ3n) is 2.93. The van der Waals surface area contributed by atoms with E-state index in [-0.39, 0.29) is 12.0 Å². The summed E-state index contributed by atoms with van der Waals surface area (Å²) < 4.78 is 0. The van der Waals surface area contributed by atoms with Gasteiger partial charge in [0.2, 0.25) is 0 Å². The fourth-order valence-electron chi connectivity index (χ4n) is 1.75. The van der Waals surface area contributed by atoms with Crippen LogP contribution in [0.25, 0.3) is 0 Å². The molecule has 14 heavy (non-hydrogen) atoms. The van der Waals surface area contributed by atoms with Gasteiger partial charge in [-0.2, -0.15) is 5.26 Å². The smallest absolute Gasteiger partial charge is 0.0991 e. The highest BCUT2D eigenvalue weighted by molar-refractivity contribution is 5.33. The molecule has 0 aromatic heterocycles. The normalized spacial score (nSPS) is 17.4. The molecule has 0 saturated heterocycles. The van der Waals surface area contributed by atoms with Crippen molar-refractivity contribution in [2.45, 2.75) is 19.3 Å². The highest BCUT2D eigenvalue weighted by Crippen LogP contribution is 2.47. The Morgan fingerprint density at radius 1 is 1.43 bits per heavy atom. The molecule has 0 amide bonds. The first-order valence-electron chi connectivity index (χ1n) is 4.88. The predicted molar refractivity (Wildman–Crippen MR) is 53.6 cm³/mol. The first-order valence-corrected chi connectivity index (χ1v) is 4.88. The molecule has 1 aromatic rings. The van der Waals surface area contributed by atoms with Crippen LogP contribution in [-0.4, -0.2) is 11.7 Å². The molecule has 2 rings (SSSR count). The Morgan fingerprint density at radius 2 is 2.21 bits per heavy atom. The van der Waals surface area contributed by atoms with Crippen LogP contribution in [0.4, 0.5) is 0 Å². The number of rotatable bonds is 3. The second-order valence-corrected chi connectivity index (χ2v) is 4.15. The second kappa shape index (κ2) is 3.43. The Morgan fingerprint density at radius 3 is 2.79 bits per heavy atom. The number of aliphatic hydroxyl groups is 1. The Labute approximate surface area is 83.8 Å². The lowest BCUT2D eigenvalue weighted by Crippen LogP contribution is -2.09. The summed E-state index contributed by atoms with van der Waals surface area (Å²) in [5.41, 5.74) is 2.00.